The predicted octanol–water partition coefficient (Wildman–Crippen LogP) is 0.347. The Morgan fingerprint density at radius 3 is 3.00 bits per heavy atom. The van der Waals surface area contributed by atoms with Crippen molar-refractivity contribution < 1.29 is 9.90 Å². The van der Waals surface area contributed by atoms with Crippen molar-refractivity contribution in [1.29, 1.82) is 0 Å². The first-order valence-electron chi connectivity index (χ1n) is 4.41. The summed E-state index contributed by atoms with van der Waals surface area (Å²) in [5.74, 6) is 0.609. The summed E-state index contributed by atoms with van der Waals surface area (Å²) in [5.41, 5.74) is 0. The molecule has 1 amide bonds. The van der Waals surface area contributed by atoms with E-state index < -0.39 is 6.09 Å². The Balaban J connectivity index is 1.94. The first-order chi connectivity index (χ1) is 5.68. The molecule has 0 aromatic carbocycles. The van der Waals surface area contributed by atoms with Crippen molar-refractivity contribution in [3.63, 3.8) is 0 Å². The maximum Gasteiger partial charge on any atom is 0.407 e. The van der Waals surface area contributed by atoms with Crippen LogP contribution in [0.2, 0.25) is 0 Å². The second kappa shape index (κ2) is 2.62. The first-order valence-corrected chi connectivity index (χ1v) is 4.41. The molecule has 2 aliphatic rings. The zero-order valence-corrected chi connectivity index (χ0v) is 7.16. The van der Waals surface area contributed by atoms with Gasteiger partial charge in [-0.2, -0.15) is 0 Å². The van der Waals surface area contributed by atoms with E-state index in [0.29, 0.717) is 12.0 Å². The third kappa shape index (κ3) is 1.06. The zero-order chi connectivity index (χ0) is 8.72. The highest BCUT2D eigenvalue weighted by molar-refractivity contribution is 5.66. The van der Waals surface area contributed by atoms with E-state index >= 15 is 0 Å². The number of nitrogens with one attached hydrogen (secondary N) is 1. The highest BCUT2D eigenvalue weighted by atomic mass is 16.4. The Morgan fingerprint density at radius 1 is 1.67 bits per heavy atom. The van der Waals surface area contributed by atoms with Crippen molar-refractivity contribution in [3.05, 3.63) is 0 Å². The predicted molar refractivity (Wildman–Crippen MR) is 44.1 cm³/mol. The minimum atomic E-state index is -0.771. The van der Waals surface area contributed by atoms with Gasteiger partial charge in [0.1, 0.15) is 0 Å². The number of carbonyl (C=O) groups is 1. The molecular formula is C8H14N2O2. The minimum Gasteiger partial charge on any atom is -0.465 e. The van der Waals surface area contributed by atoms with Crippen LogP contribution in [-0.4, -0.2) is 41.3 Å². The number of hydrogen-bond donors (Lipinski definition) is 2. The van der Waals surface area contributed by atoms with Crippen molar-refractivity contribution in [2.45, 2.75) is 25.4 Å². The Labute approximate surface area is 71.5 Å². The summed E-state index contributed by atoms with van der Waals surface area (Å²) in [6.07, 6.45) is 0.349. The fourth-order valence-corrected chi connectivity index (χ4v) is 2.21. The Kier molecular flexibility index (Phi) is 1.72. The monoisotopic (exact) mass is 170 g/mol. The van der Waals surface area contributed by atoms with Gasteiger partial charge in [-0.1, -0.05) is 0 Å². The van der Waals surface area contributed by atoms with E-state index in [4.69, 9.17) is 5.11 Å². The molecular weight excluding hydrogens is 156 g/mol. The van der Waals surface area contributed by atoms with Crippen molar-refractivity contribution in [3.8, 4) is 0 Å². The van der Waals surface area contributed by atoms with Gasteiger partial charge in [-0.3, -0.25) is 0 Å². The van der Waals surface area contributed by atoms with Gasteiger partial charge in [0.25, 0.3) is 0 Å². The van der Waals surface area contributed by atoms with E-state index in [0.717, 1.165) is 19.5 Å². The van der Waals surface area contributed by atoms with Gasteiger partial charge in [0, 0.05) is 19.1 Å². The fourth-order valence-electron chi connectivity index (χ4n) is 2.21. The molecule has 0 bridgehead atoms. The van der Waals surface area contributed by atoms with Crippen LogP contribution in [0.5, 0.6) is 0 Å². The third-order valence-corrected chi connectivity index (χ3v) is 2.95. The second-order valence-electron chi connectivity index (χ2n) is 3.81. The standard InChI is InChI=1S/C8H14N2O2/c1-5-2-6-4-10(8(11)12)7(6)3-9-5/h5-7,9H,2-4H2,1H3,(H,11,12). The van der Waals surface area contributed by atoms with Gasteiger partial charge in [-0.25, -0.2) is 4.79 Å². The largest absolute Gasteiger partial charge is 0.465 e. The molecule has 3 unspecified atom stereocenters. The topological polar surface area (TPSA) is 52.6 Å². The van der Waals surface area contributed by atoms with Crippen LogP contribution in [-0.2, 0) is 0 Å². The average molecular weight is 170 g/mol. The Hall–Kier alpha value is -0.770. The summed E-state index contributed by atoms with van der Waals surface area (Å²) < 4.78 is 0. The van der Waals surface area contributed by atoms with Crippen LogP contribution in [0.25, 0.3) is 0 Å². The van der Waals surface area contributed by atoms with Gasteiger partial charge in [0.05, 0.1) is 6.04 Å². The Bertz CT molecular complexity index is 207. The SMILES string of the molecule is CC1CC2CN(C(=O)O)C2CN1. The number of amides is 1. The normalized spacial score (nSPS) is 40.1. The highest BCUT2D eigenvalue weighted by Crippen LogP contribution is 2.31. The molecule has 68 valence electrons. The van der Waals surface area contributed by atoms with Crippen LogP contribution in [0.1, 0.15) is 13.3 Å². The molecule has 2 N–H and O–H groups in total. The summed E-state index contributed by atoms with van der Waals surface area (Å²) in [5, 5.41) is 12.0. The lowest BCUT2D eigenvalue weighted by atomic mass is 9.81. The molecule has 2 aliphatic heterocycles. The Morgan fingerprint density at radius 2 is 2.42 bits per heavy atom. The molecule has 2 heterocycles. The van der Waals surface area contributed by atoms with Crippen LogP contribution in [0.15, 0.2) is 0 Å². The van der Waals surface area contributed by atoms with Crippen LogP contribution in [0.4, 0.5) is 4.79 Å². The zero-order valence-electron chi connectivity index (χ0n) is 7.16. The van der Waals surface area contributed by atoms with E-state index in [2.05, 4.69) is 12.2 Å². The summed E-state index contributed by atoms with van der Waals surface area (Å²) in [6.45, 7) is 3.73. The first kappa shape index (κ1) is 7.86. The van der Waals surface area contributed by atoms with Gasteiger partial charge < -0.3 is 15.3 Å². The quantitative estimate of drug-likeness (QED) is 0.551. The van der Waals surface area contributed by atoms with E-state index in [1.807, 2.05) is 0 Å². The molecule has 0 aromatic heterocycles. The minimum absolute atomic E-state index is 0.249. The molecule has 12 heavy (non-hydrogen) atoms. The highest BCUT2D eigenvalue weighted by Gasteiger charge is 2.44. The molecule has 3 atom stereocenters. The van der Waals surface area contributed by atoms with E-state index in [-0.39, 0.29) is 6.04 Å². The number of fused-ring (bicyclic) bond motifs is 1. The molecule has 0 saturated carbocycles. The number of piperidine rings is 1. The number of likely N-dealkylation sites (tertiary alicyclic amines) is 1. The van der Waals surface area contributed by atoms with E-state index in [1.165, 1.54) is 4.90 Å². The van der Waals surface area contributed by atoms with Crippen molar-refractivity contribution in [2.75, 3.05) is 13.1 Å². The number of hydrogen-bond acceptors (Lipinski definition) is 2. The average Bonchev–Trinajstić information content (AvgIpc) is 1.94. The van der Waals surface area contributed by atoms with Crippen LogP contribution in [0, 0.1) is 5.92 Å². The number of rotatable bonds is 0. The molecule has 4 heteroatoms. The molecule has 0 aliphatic carbocycles. The number of nitrogens with zero attached hydrogens (tertiary/aromatic N) is 1. The lowest BCUT2D eigenvalue weighted by Gasteiger charge is -2.50. The maximum absolute atomic E-state index is 10.6. The maximum atomic E-state index is 10.6. The van der Waals surface area contributed by atoms with Gasteiger partial charge >= 0.3 is 6.09 Å². The van der Waals surface area contributed by atoms with E-state index in [1.54, 1.807) is 0 Å². The smallest absolute Gasteiger partial charge is 0.407 e. The van der Waals surface area contributed by atoms with Gasteiger partial charge in [-0.05, 0) is 19.3 Å². The summed E-state index contributed by atoms with van der Waals surface area (Å²) in [7, 11) is 0. The molecule has 0 aromatic rings. The summed E-state index contributed by atoms with van der Waals surface area (Å²) >= 11 is 0. The van der Waals surface area contributed by atoms with Crippen molar-refractivity contribution in [2.24, 2.45) is 5.92 Å². The van der Waals surface area contributed by atoms with Crippen LogP contribution in [0.3, 0.4) is 0 Å². The number of carboxylic acid groups (broad SMARTS) is 1. The molecule has 0 radical (unpaired) electrons. The van der Waals surface area contributed by atoms with Crippen molar-refractivity contribution in [1.82, 2.24) is 10.2 Å². The molecule has 4 nitrogen and oxygen atoms in total. The van der Waals surface area contributed by atoms with Gasteiger partial charge in [0.15, 0.2) is 0 Å². The van der Waals surface area contributed by atoms with E-state index in [9.17, 15) is 4.79 Å². The molecule has 2 rings (SSSR count). The molecule has 2 saturated heterocycles. The molecule has 0 spiro atoms. The summed E-state index contributed by atoms with van der Waals surface area (Å²) in [6, 6.07) is 0.806. The molecule has 2 fully saturated rings. The lowest BCUT2D eigenvalue weighted by Crippen LogP contribution is -2.66. The van der Waals surface area contributed by atoms with Gasteiger partial charge in [0.2, 0.25) is 0 Å². The fraction of sp³-hybridized carbons (Fsp3) is 0.875. The van der Waals surface area contributed by atoms with Gasteiger partial charge in [-0.15, -0.1) is 0 Å². The lowest BCUT2D eigenvalue weighted by molar-refractivity contribution is -0.00204. The third-order valence-electron chi connectivity index (χ3n) is 2.95. The van der Waals surface area contributed by atoms with Crippen LogP contribution >= 0.6 is 0 Å². The second-order valence-corrected chi connectivity index (χ2v) is 3.81. The summed E-state index contributed by atoms with van der Waals surface area (Å²) in [4.78, 5) is 12.1. The van der Waals surface area contributed by atoms with Crippen molar-refractivity contribution >= 4 is 6.09 Å². The van der Waals surface area contributed by atoms with Crippen LogP contribution < -0.4 is 5.32 Å².